The molecule has 8 heteroatoms. The number of ketones is 1. The molecule has 1 amide bonds. The summed E-state index contributed by atoms with van der Waals surface area (Å²) in [7, 11) is 0. The summed E-state index contributed by atoms with van der Waals surface area (Å²) >= 11 is 0. The molecule has 0 radical (unpaired) electrons. The van der Waals surface area contributed by atoms with Crippen LogP contribution >= 0.6 is 0 Å². The van der Waals surface area contributed by atoms with E-state index in [1.807, 2.05) is 13.8 Å². The predicted octanol–water partition coefficient (Wildman–Crippen LogP) is 0.972. The van der Waals surface area contributed by atoms with Gasteiger partial charge in [0.15, 0.2) is 17.5 Å². The maximum Gasteiger partial charge on any atom is 0.221 e. The third kappa shape index (κ3) is 7.57. The molecule has 0 saturated carbocycles. The van der Waals surface area contributed by atoms with Gasteiger partial charge in [0.1, 0.15) is 6.61 Å². The van der Waals surface area contributed by atoms with Gasteiger partial charge in [0.25, 0.3) is 0 Å². The molecule has 0 aliphatic carbocycles. The number of rotatable bonds is 12. The molecule has 0 aliphatic rings. The molecule has 1 rings (SSSR count). The molecule has 0 saturated heterocycles. The number of Topliss-reactive ketones (excluding diaryl/α,β-unsaturated/α-hetero) is 1. The van der Waals surface area contributed by atoms with Crippen LogP contribution in [0.4, 0.5) is 0 Å². The number of carbonyl (C=O) groups excluding carboxylic acids is 2. The highest BCUT2D eigenvalue weighted by molar-refractivity contribution is 5.81. The van der Waals surface area contributed by atoms with Crippen LogP contribution in [0, 0.1) is 12.8 Å². The molecule has 0 unspecified atom stereocenters. The monoisotopic (exact) mass is 356 g/mol. The largest absolute Gasteiger partial charge is 0.494 e. The second kappa shape index (κ2) is 10.7. The topological polar surface area (TPSA) is 110 Å². The van der Waals surface area contributed by atoms with Crippen LogP contribution in [0.3, 0.4) is 0 Å². The molecule has 25 heavy (non-hydrogen) atoms. The number of ether oxygens (including phenoxy) is 2. The molecule has 3 N–H and O–H groups in total. The van der Waals surface area contributed by atoms with E-state index < -0.39 is 0 Å². The number of aromatic nitrogens is 1. The Morgan fingerprint density at radius 2 is 1.88 bits per heavy atom. The first-order valence-corrected chi connectivity index (χ1v) is 8.35. The lowest BCUT2D eigenvalue weighted by Gasteiger charge is -2.09. The van der Waals surface area contributed by atoms with Gasteiger partial charge in [0.2, 0.25) is 5.91 Å². The third-order valence-electron chi connectivity index (χ3n) is 3.62. The molecule has 8 nitrogen and oxygen atoms in total. The van der Waals surface area contributed by atoms with Crippen LogP contribution in [0.2, 0.25) is 0 Å². The minimum atomic E-state index is -0.201. The Morgan fingerprint density at radius 3 is 2.48 bits per heavy atom. The molecule has 0 aliphatic heterocycles. The zero-order valence-electron chi connectivity index (χ0n) is 15.1. The van der Waals surface area contributed by atoms with E-state index >= 15 is 0 Å². The van der Waals surface area contributed by atoms with Gasteiger partial charge >= 0.3 is 0 Å². The fraction of sp³-hybridized carbons (Fsp3) is 0.647. The number of nitrogens with zero attached hydrogens (tertiary/aromatic N) is 1. The number of carbonyl (C=O) groups is 2. The number of nitrogens with one attached hydrogen (secondary N) is 1. The summed E-state index contributed by atoms with van der Waals surface area (Å²) in [6.45, 7) is 6.98. The van der Waals surface area contributed by atoms with Crippen molar-refractivity contribution in [3.05, 3.63) is 11.6 Å². The Balaban J connectivity index is 2.05. The highest BCUT2D eigenvalue weighted by Gasteiger charge is 2.11. The van der Waals surface area contributed by atoms with Crippen molar-refractivity contribution in [2.75, 3.05) is 33.0 Å². The van der Waals surface area contributed by atoms with Gasteiger partial charge in [-0.2, -0.15) is 0 Å². The maximum absolute atomic E-state index is 11.7. The van der Waals surface area contributed by atoms with Crippen molar-refractivity contribution in [2.45, 2.75) is 33.7 Å². The Kier molecular flexibility index (Phi) is 9.01. The minimum absolute atomic E-state index is 0.0320. The number of hydrogen-bond acceptors (Lipinski definition) is 6. The van der Waals surface area contributed by atoms with Crippen LogP contribution in [-0.2, 0) is 25.6 Å². The molecule has 0 bridgehead atoms. The Bertz CT molecular complexity index is 568. The number of amides is 1. The van der Waals surface area contributed by atoms with E-state index in [1.165, 1.54) is 10.6 Å². The molecular formula is C17H28N2O6. The van der Waals surface area contributed by atoms with Gasteiger partial charge in [-0.25, -0.2) is 0 Å². The van der Waals surface area contributed by atoms with E-state index in [0.717, 1.165) is 0 Å². The van der Waals surface area contributed by atoms with Crippen LogP contribution in [0.1, 0.15) is 25.8 Å². The van der Waals surface area contributed by atoms with E-state index in [1.54, 1.807) is 6.92 Å². The van der Waals surface area contributed by atoms with Gasteiger partial charge in [-0.1, -0.05) is 13.8 Å². The van der Waals surface area contributed by atoms with Crippen molar-refractivity contribution < 1.29 is 29.3 Å². The number of aromatic hydroxyl groups is 2. The molecule has 142 valence electrons. The van der Waals surface area contributed by atoms with Crippen molar-refractivity contribution in [2.24, 2.45) is 5.92 Å². The first kappa shape index (κ1) is 21.0. The standard InChI is InChI=1S/C17H28N2O6/c1-12(2)14(20)11-25-9-8-24-7-5-18-15(21)4-6-19-16(22)10-13(3)17(19)23/h10,12,22-23H,4-9,11H2,1-3H3,(H,18,21). The summed E-state index contributed by atoms with van der Waals surface area (Å²) in [5, 5.41) is 22.0. The van der Waals surface area contributed by atoms with Crippen LogP contribution in [0.15, 0.2) is 6.07 Å². The summed E-state index contributed by atoms with van der Waals surface area (Å²) in [6, 6.07) is 1.44. The zero-order valence-corrected chi connectivity index (χ0v) is 15.1. The number of aryl methyl sites for hydroxylation is 1. The molecule has 1 heterocycles. The minimum Gasteiger partial charge on any atom is -0.494 e. The Hall–Kier alpha value is -2.06. The molecule has 1 aromatic heterocycles. The second-order valence-corrected chi connectivity index (χ2v) is 6.05. The highest BCUT2D eigenvalue weighted by Crippen LogP contribution is 2.26. The fourth-order valence-corrected chi connectivity index (χ4v) is 2.00. The Labute approximate surface area is 147 Å². The van der Waals surface area contributed by atoms with Crippen LogP contribution < -0.4 is 5.32 Å². The molecule has 0 atom stereocenters. The van der Waals surface area contributed by atoms with Crippen molar-refractivity contribution in [3.8, 4) is 11.8 Å². The van der Waals surface area contributed by atoms with Gasteiger partial charge < -0.3 is 25.0 Å². The third-order valence-corrected chi connectivity index (χ3v) is 3.62. The second-order valence-electron chi connectivity index (χ2n) is 6.05. The molecule has 0 aromatic carbocycles. The van der Waals surface area contributed by atoms with Gasteiger partial charge in [-0.3, -0.25) is 14.2 Å². The van der Waals surface area contributed by atoms with Crippen LogP contribution in [0.5, 0.6) is 11.8 Å². The first-order valence-electron chi connectivity index (χ1n) is 8.35. The molecular weight excluding hydrogens is 328 g/mol. The summed E-state index contributed by atoms with van der Waals surface area (Å²) in [5.41, 5.74) is 0.559. The number of hydrogen-bond donors (Lipinski definition) is 3. The van der Waals surface area contributed by atoms with E-state index in [-0.39, 0.29) is 48.9 Å². The maximum atomic E-state index is 11.7. The van der Waals surface area contributed by atoms with E-state index in [4.69, 9.17) is 9.47 Å². The SMILES string of the molecule is Cc1cc(O)n(CCC(=O)NCCOCCOCC(=O)C(C)C)c1O. The lowest BCUT2D eigenvalue weighted by atomic mass is 10.1. The van der Waals surface area contributed by atoms with E-state index in [9.17, 15) is 19.8 Å². The van der Waals surface area contributed by atoms with Crippen molar-refractivity contribution in [1.29, 1.82) is 0 Å². The van der Waals surface area contributed by atoms with Crippen molar-refractivity contribution >= 4 is 11.7 Å². The normalized spacial score (nSPS) is 11.0. The lowest BCUT2D eigenvalue weighted by Crippen LogP contribution is -2.28. The average molecular weight is 356 g/mol. The fourth-order valence-electron chi connectivity index (χ4n) is 2.00. The van der Waals surface area contributed by atoms with Crippen LogP contribution in [-0.4, -0.2) is 59.4 Å². The van der Waals surface area contributed by atoms with E-state index in [0.29, 0.717) is 31.9 Å². The molecule has 0 spiro atoms. The van der Waals surface area contributed by atoms with Crippen molar-refractivity contribution in [3.63, 3.8) is 0 Å². The van der Waals surface area contributed by atoms with Crippen molar-refractivity contribution in [1.82, 2.24) is 9.88 Å². The molecule has 1 aromatic rings. The summed E-state index contributed by atoms with van der Waals surface area (Å²) in [5.74, 6) is -0.281. The summed E-state index contributed by atoms with van der Waals surface area (Å²) in [4.78, 5) is 23.0. The highest BCUT2D eigenvalue weighted by atomic mass is 16.5. The summed E-state index contributed by atoms with van der Waals surface area (Å²) in [6.07, 6.45) is 0.135. The zero-order chi connectivity index (χ0) is 18.8. The van der Waals surface area contributed by atoms with Crippen LogP contribution in [0.25, 0.3) is 0 Å². The van der Waals surface area contributed by atoms with Gasteiger partial charge in [0.05, 0.1) is 19.8 Å². The predicted molar refractivity (Wildman–Crippen MR) is 91.6 cm³/mol. The van der Waals surface area contributed by atoms with E-state index in [2.05, 4.69) is 5.32 Å². The van der Waals surface area contributed by atoms with Gasteiger partial charge in [-0.05, 0) is 6.92 Å². The van der Waals surface area contributed by atoms with Gasteiger partial charge in [0, 0.05) is 37.1 Å². The average Bonchev–Trinajstić information content (AvgIpc) is 2.80. The molecule has 0 fully saturated rings. The van der Waals surface area contributed by atoms with Gasteiger partial charge in [-0.15, -0.1) is 0 Å². The lowest BCUT2D eigenvalue weighted by molar-refractivity contribution is -0.127. The quantitative estimate of drug-likeness (QED) is 0.482. The smallest absolute Gasteiger partial charge is 0.221 e. The Morgan fingerprint density at radius 1 is 1.20 bits per heavy atom. The first-order chi connectivity index (χ1) is 11.8. The summed E-state index contributed by atoms with van der Waals surface area (Å²) < 4.78 is 11.8.